The summed E-state index contributed by atoms with van der Waals surface area (Å²) in [4.78, 5) is 27.1. The number of H-pyrrole nitrogens is 1. The summed E-state index contributed by atoms with van der Waals surface area (Å²) in [5.41, 5.74) is 1.10. The van der Waals surface area contributed by atoms with Crippen molar-refractivity contribution in [3.8, 4) is 17.2 Å². The lowest BCUT2D eigenvalue weighted by Gasteiger charge is -2.18. The maximum atomic E-state index is 12.3. The van der Waals surface area contributed by atoms with Crippen LogP contribution in [0.3, 0.4) is 0 Å². The molecule has 0 bridgehead atoms. The second-order valence-electron chi connectivity index (χ2n) is 6.41. The third-order valence-corrected chi connectivity index (χ3v) is 4.41. The van der Waals surface area contributed by atoms with Crippen LogP contribution in [0.4, 0.5) is 0 Å². The number of ether oxygens (including phenoxy) is 3. The second-order valence-corrected chi connectivity index (χ2v) is 6.41. The highest BCUT2D eigenvalue weighted by Gasteiger charge is 2.14. The maximum Gasteiger partial charge on any atom is 0.257 e. The average Bonchev–Trinajstić information content (AvgIpc) is 2.72. The Morgan fingerprint density at radius 3 is 2.61 bits per heavy atom. The molecule has 3 aromatic rings. The second kappa shape index (κ2) is 8.04. The van der Waals surface area contributed by atoms with Gasteiger partial charge >= 0.3 is 0 Å². The SMILES string of the molecule is O=C(COc1ccccc1)NCCc1cc2cc3c(cc2[nH]c1=O)OCCO3. The molecule has 4 rings (SSSR count). The van der Waals surface area contributed by atoms with Crippen molar-refractivity contribution in [2.45, 2.75) is 6.42 Å². The molecule has 2 aromatic carbocycles. The number of para-hydroxylation sites is 1. The van der Waals surface area contributed by atoms with Gasteiger partial charge in [-0.1, -0.05) is 18.2 Å². The van der Waals surface area contributed by atoms with Crippen LogP contribution in [0.15, 0.2) is 53.3 Å². The Morgan fingerprint density at radius 1 is 1.07 bits per heavy atom. The summed E-state index contributed by atoms with van der Waals surface area (Å²) in [7, 11) is 0. The number of pyridine rings is 1. The number of benzene rings is 2. The number of amides is 1. The first kappa shape index (κ1) is 17.9. The van der Waals surface area contributed by atoms with Gasteiger partial charge in [-0.25, -0.2) is 0 Å². The van der Waals surface area contributed by atoms with Crippen LogP contribution in [-0.4, -0.2) is 37.3 Å². The van der Waals surface area contributed by atoms with Crippen LogP contribution in [0.2, 0.25) is 0 Å². The smallest absolute Gasteiger partial charge is 0.257 e. The Labute approximate surface area is 161 Å². The number of nitrogens with one attached hydrogen (secondary N) is 2. The summed E-state index contributed by atoms with van der Waals surface area (Å²) in [5.74, 6) is 1.70. The van der Waals surface area contributed by atoms with E-state index in [1.54, 1.807) is 18.2 Å². The van der Waals surface area contributed by atoms with E-state index in [2.05, 4.69) is 10.3 Å². The zero-order valence-electron chi connectivity index (χ0n) is 15.2. The van der Waals surface area contributed by atoms with Crippen molar-refractivity contribution in [1.29, 1.82) is 0 Å². The monoisotopic (exact) mass is 380 g/mol. The van der Waals surface area contributed by atoms with Gasteiger partial charge in [0.05, 0.1) is 5.52 Å². The standard InChI is InChI=1S/C21H20N2O5/c24-20(13-28-16-4-2-1-3-5-16)22-7-6-14-10-15-11-18-19(27-9-8-26-18)12-17(15)23-21(14)25/h1-5,10-12H,6-9,13H2,(H,22,24)(H,23,25). The molecule has 0 spiro atoms. The quantitative estimate of drug-likeness (QED) is 0.683. The highest BCUT2D eigenvalue weighted by Crippen LogP contribution is 2.33. The van der Waals surface area contributed by atoms with E-state index in [0.29, 0.717) is 54.5 Å². The molecule has 1 aromatic heterocycles. The molecular weight excluding hydrogens is 360 g/mol. The Bertz CT molecular complexity index is 1050. The topological polar surface area (TPSA) is 89.7 Å². The van der Waals surface area contributed by atoms with Gasteiger partial charge in [0.15, 0.2) is 18.1 Å². The average molecular weight is 380 g/mol. The van der Waals surface area contributed by atoms with E-state index in [0.717, 1.165) is 5.39 Å². The van der Waals surface area contributed by atoms with Gasteiger partial charge in [-0.15, -0.1) is 0 Å². The molecule has 0 unspecified atom stereocenters. The molecule has 7 heteroatoms. The number of fused-ring (bicyclic) bond motifs is 2. The van der Waals surface area contributed by atoms with E-state index in [9.17, 15) is 9.59 Å². The predicted octanol–water partition coefficient (Wildman–Crippen LogP) is 2.04. The van der Waals surface area contributed by atoms with Crippen molar-refractivity contribution in [3.63, 3.8) is 0 Å². The summed E-state index contributed by atoms with van der Waals surface area (Å²) in [5, 5.41) is 3.62. The van der Waals surface area contributed by atoms with E-state index < -0.39 is 0 Å². The minimum absolute atomic E-state index is 0.0679. The lowest BCUT2D eigenvalue weighted by Crippen LogP contribution is -2.31. The van der Waals surface area contributed by atoms with Crippen molar-refractivity contribution < 1.29 is 19.0 Å². The van der Waals surface area contributed by atoms with Crippen molar-refractivity contribution in [3.05, 3.63) is 64.4 Å². The van der Waals surface area contributed by atoms with Gasteiger partial charge in [0.1, 0.15) is 19.0 Å². The van der Waals surface area contributed by atoms with Crippen LogP contribution in [0, 0.1) is 0 Å². The van der Waals surface area contributed by atoms with E-state index >= 15 is 0 Å². The number of carbonyl (C=O) groups is 1. The number of hydrogen-bond acceptors (Lipinski definition) is 5. The predicted molar refractivity (Wildman–Crippen MR) is 104 cm³/mol. The van der Waals surface area contributed by atoms with Gasteiger partial charge in [0.2, 0.25) is 0 Å². The van der Waals surface area contributed by atoms with Gasteiger partial charge in [-0.05, 0) is 30.7 Å². The van der Waals surface area contributed by atoms with Crippen molar-refractivity contribution in [2.75, 3.05) is 26.4 Å². The van der Waals surface area contributed by atoms with Crippen LogP contribution in [0.1, 0.15) is 5.56 Å². The Balaban J connectivity index is 1.37. The zero-order chi connectivity index (χ0) is 19.3. The summed E-state index contributed by atoms with van der Waals surface area (Å²) in [6.07, 6.45) is 0.413. The number of rotatable bonds is 6. The van der Waals surface area contributed by atoms with Crippen LogP contribution in [0.25, 0.3) is 10.9 Å². The molecule has 0 saturated carbocycles. The molecule has 2 heterocycles. The first-order chi connectivity index (χ1) is 13.7. The summed E-state index contributed by atoms with van der Waals surface area (Å²) in [6.45, 7) is 1.28. The molecule has 0 saturated heterocycles. The van der Waals surface area contributed by atoms with Crippen molar-refractivity contribution in [2.24, 2.45) is 0 Å². The molecule has 0 atom stereocenters. The lowest BCUT2D eigenvalue weighted by molar-refractivity contribution is -0.123. The van der Waals surface area contributed by atoms with E-state index in [1.807, 2.05) is 30.3 Å². The number of aromatic nitrogens is 1. The van der Waals surface area contributed by atoms with Crippen LogP contribution in [0.5, 0.6) is 17.2 Å². The normalized spacial score (nSPS) is 12.6. The molecular formula is C21H20N2O5. The Morgan fingerprint density at radius 2 is 1.82 bits per heavy atom. The fourth-order valence-electron chi connectivity index (χ4n) is 3.03. The molecule has 28 heavy (non-hydrogen) atoms. The fraction of sp³-hybridized carbons (Fsp3) is 0.238. The van der Waals surface area contributed by atoms with E-state index in [-0.39, 0.29) is 18.1 Å². The summed E-state index contributed by atoms with van der Waals surface area (Å²) < 4.78 is 16.5. The fourth-order valence-corrected chi connectivity index (χ4v) is 3.03. The molecule has 7 nitrogen and oxygen atoms in total. The van der Waals surface area contributed by atoms with Crippen molar-refractivity contribution in [1.82, 2.24) is 10.3 Å². The van der Waals surface area contributed by atoms with E-state index in [1.165, 1.54) is 0 Å². The molecule has 0 radical (unpaired) electrons. The number of aromatic amines is 1. The number of hydrogen-bond donors (Lipinski definition) is 2. The van der Waals surface area contributed by atoms with Gasteiger partial charge in [-0.3, -0.25) is 9.59 Å². The number of carbonyl (C=O) groups excluding carboxylic acids is 1. The Hall–Kier alpha value is -3.48. The molecule has 144 valence electrons. The molecule has 1 aliphatic heterocycles. The van der Waals surface area contributed by atoms with Crippen molar-refractivity contribution >= 4 is 16.8 Å². The highest BCUT2D eigenvalue weighted by molar-refractivity contribution is 5.83. The summed E-state index contributed by atoms with van der Waals surface area (Å²) >= 11 is 0. The maximum absolute atomic E-state index is 12.3. The minimum atomic E-state index is -0.235. The van der Waals surface area contributed by atoms with Crippen LogP contribution >= 0.6 is 0 Å². The first-order valence-corrected chi connectivity index (χ1v) is 9.09. The van der Waals surface area contributed by atoms with Crippen LogP contribution < -0.4 is 25.1 Å². The Kier molecular flexibility index (Phi) is 5.14. The van der Waals surface area contributed by atoms with E-state index in [4.69, 9.17) is 14.2 Å². The zero-order valence-corrected chi connectivity index (χ0v) is 15.2. The highest BCUT2D eigenvalue weighted by atomic mass is 16.6. The third-order valence-electron chi connectivity index (χ3n) is 4.41. The van der Waals surface area contributed by atoms with Gasteiger partial charge in [-0.2, -0.15) is 0 Å². The molecule has 2 N–H and O–H groups in total. The molecule has 1 aliphatic rings. The summed E-state index contributed by atoms with van der Waals surface area (Å²) in [6, 6.07) is 14.6. The third kappa shape index (κ3) is 4.09. The molecule has 0 aliphatic carbocycles. The minimum Gasteiger partial charge on any atom is -0.486 e. The van der Waals surface area contributed by atoms with Gasteiger partial charge in [0, 0.05) is 23.6 Å². The van der Waals surface area contributed by atoms with Gasteiger partial charge < -0.3 is 24.5 Å². The molecule has 0 fully saturated rings. The lowest BCUT2D eigenvalue weighted by atomic mass is 10.1. The van der Waals surface area contributed by atoms with Crippen LogP contribution in [-0.2, 0) is 11.2 Å². The molecule has 1 amide bonds. The first-order valence-electron chi connectivity index (χ1n) is 9.09. The van der Waals surface area contributed by atoms with Gasteiger partial charge in [0.25, 0.3) is 11.5 Å². The largest absolute Gasteiger partial charge is 0.486 e.